The zero-order valence-electron chi connectivity index (χ0n) is 9.49. The fourth-order valence-electron chi connectivity index (χ4n) is 1.50. The summed E-state index contributed by atoms with van der Waals surface area (Å²) in [5.41, 5.74) is 7.00. The van der Waals surface area contributed by atoms with Crippen molar-refractivity contribution in [1.29, 1.82) is 5.41 Å². The molecule has 2 rings (SSSR count). The van der Waals surface area contributed by atoms with E-state index in [0.717, 1.165) is 18.4 Å². The lowest BCUT2D eigenvalue weighted by Gasteiger charge is -2.07. The number of nitrogens with two attached hydrogens (primary N) is 1. The first kappa shape index (κ1) is 11.4. The summed E-state index contributed by atoms with van der Waals surface area (Å²) in [6.07, 6.45) is 2.15. The van der Waals surface area contributed by atoms with Crippen molar-refractivity contribution >= 4 is 11.9 Å². The number of carbonyl (C=O) groups excluding carboxylic acids is 1. The van der Waals surface area contributed by atoms with Crippen molar-refractivity contribution in [3.63, 3.8) is 0 Å². The van der Waals surface area contributed by atoms with Crippen molar-refractivity contribution in [2.75, 3.05) is 0 Å². The zero-order chi connectivity index (χ0) is 12.3. The van der Waals surface area contributed by atoms with Gasteiger partial charge in [0.05, 0.1) is 0 Å². The van der Waals surface area contributed by atoms with Crippen LogP contribution in [0.5, 0.6) is 0 Å². The zero-order valence-corrected chi connectivity index (χ0v) is 9.49. The molecule has 1 aliphatic rings. The van der Waals surface area contributed by atoms with E-state index in [1.165, 1.54) is 0 Å². The van der Waals surface area contributed by atoms with Gasteiger partial charge in [0.1, 0.15) is 5.84 Å². The number of benzene rings is 1. The average molecular weight is 232 g/mol. The molecule has 1 fully saturated rings. The first-order valence-electron chi connectivity index (χ1n) is 5.63. The maximum atomic E-state index is 11.4. The molecule has 0 radical (unpaired) electrons. The Labute approximate surface area is 99.9 Å². The molecule has 1 saturated carbocycles. The molecule has 0 spiro atoms. The molecule has 1 aliphatic carbocycles. The van der Waals surface area contributed by atoms with Gasteiger partial charge in [-0.3, -0.25) is 5.41 Å². The summed E-state index contributed by atoms with van der Waals surface area (Å²) in [5.74, 6) is 0.0364. The van der Waals surface area contributed by atoms with Crippen molar-refractivity contribution in [2.45, 2.75) is 25.4 Å². The monoisotopic (exact) mass is 232 g/mol. The molecule has 5 heteroatoms. The highest BCUT2D eigenvalue weighted by Crippen LogP contribution is 2.18. The smallest absolute Gasteiger partial charge is 0.315 e. The summed E-state index contributed by atoms with van der Waals surface area (Å²) >= 11 is 0. The van der Waals surface area contributed by atoms with Crippen LogP contribution in [-0.2, 0) is 6.54 Å². The Bertz CT molecular complexity index is 440. The van der Waals surface area contributed by atoms with E-state index < -0.39 is 0 Å². The Hall–Kier alpha value is -2.04. The van der Waals surface area contributed by atoms with Crippen molar-refractivity contribution in [1.82, 2.24) is 10.6 Å². The van der Waals surface area contributed by atoms with Crippen LogP contribution in [-0.4, -0.2) is 17.9 Å². The number of amidine groups is 1. The van der Waals surface area contributed by atoms with Crippen LogP contribution in [0.15, 0.2) is 24.3 Å². The fraction of sp³-hybridized carbons (Fsp3) is 0.333. The van der Waals surface area contributed by atoms with E-state index in [2.05, 4.69) is 10.6 Å². The Morgan fingerprint density at radius 2 is 2.24 bits per heavy atom. The number of carbonyl (C=O) groups is 1. The van der Waals surface area contributed by atoms with Crippen LogP contribution in [0.1, 0.15) is 24.0 Å². The molecule has 2 amide bonds. The van der Waals surface area contributed by atoms with Gasteiger partial charge >= 0.3 is 6.03 Å². The van der Waals surface area contributed by atoms with E-state index in [4.69, 9.17) is 11.1 Å². The maximum absolute atomic E-state index is 11.4. The number of hydrogen-bond donors (Lipinski definition) is 4. The molecule has 17 heavy (non-hydrogen) atoms. The standard InChI is InChI=1S/C12H16N4O/c13-11(14)9-3-1-2-8(6-9)7-15-12(17)16-10-4-5-10/h1-3,6,10H,4-5,7H2,(H3,13,14)(H2,15,16,17). The van der Waals surface area contributed by atoms with Crippen LogP contribution in [0.25, 0.3) is 0 Å². The Kier molecular flexibility index (Phi) is 3.27. The minimum absolute atomic E-state index is 0.0364. The second-order valence-electron chi connectivity index (χ2n) is 4.22. The SMILES string of the molecule is N=C(N)c1cccc(CNC(=O)NC2CC2)c1. The van der Waals surface area contributed by atoms with Crippen LogP contribution in [0.2, 0.25) is 0 Å². The van der Waals surface area contributed by atoms with Crippen molar-refractivity contribution in [3.8, 4) is 0 Å². The molecular weight excluding hydrogens is 216 g/mol. The molecule has 1 aromatic rings. The van der Waals surface area contributed by atoms with E-state index in [1.54, 1.807) is 12.1 Å². The summed E-state index contributed by atoms with van der Waals surface area (Å²) in [6, 6.07) is 7.52. The van der Waals surface area contributed by atoms with Crippen LogP contribution in [0, 0.1) is 5.41 Å². The normalized spacial score (nSPS) is 14.1. The number of nitrogens with one attached hydrogen (secondary N) is 3. The van der Waals surface area contributed by atoms with Gasteiger partial charge in [-0.15, -0.1) is 0 Å². The third kappa shape index (κ3) is 3.48. The van der Waals surface area contributed by atoms with E-state index >= 15 is 0 Å². The van der Waals surface area contributed by atoms with Gasteiger partial charge in [-0.2, -0.15) is 0 Å². The lowest BCUT2D eigenvalue weighted by Crippen LogP contribution is -2.36. The highest BCUT2D eigenvalue weighted by Gasteiger charge is 2.22. The van der Waals surface area contributed by atoms with Crippen molar-refractivity contribution in [3.05, 3.63) is 35.4 Å². The molecule has 90 valence electrons. The Morgan fingerprint density at radius 3 is 2.88 bits per heavy atom. The van der Waals surface area contributed by atoms with E-state index in [-0.39, 0.29) is 11.9 Å². The van der Waals surface area contributed by atoms with E-state index in [1.807, 2.05) is 12.1 Å². The summed E-state index contributed by atoms with van der Waals surface area (Å²) in [5, 5.41) is 12.9. The third-order valence-electron chi connectivity index (χ3n) is 2.60. The van der Waals surface area contributed by atoms with Gasteiger partial charge in [0, 0.05) is 18.2 Å². The lowest BCUT2D eigenvalue weighted by atomic mass is 10.1. The number of rotatable bonds is 4. The maximum Gasteiger partial charge on any atom is 0.315 e. The van der Waals surface area contributed by atoms with E-state index in [9.17, 15) is 4.79 Å². The number of urea groups is 1. The highest BCUT2D eigenvalue weighted by molar-refractivity contribution is 5.95. The number of hydrogen-bond acceptors (Lipinski definition) is 2. The quantitative estimate of drug-likeness (QED) is 0.459. The first-order chi connectivity index (χ1) is 8.15. The van der Waals surface area contributed by atoms with Crippen LogP contribution in [0.3, 0.4) is 0 Å². The molecule has 0 atom stereocenters. The fourth-order valence-corrected chi connectivity index (χ4v) is 1.50. The van der Waals surface area contributed by atoms with Gasteiger partial charge in [0.15, 0.2) is 0 Å². The summed E-state index contributed by atoms with van der Waals surface area (Å²) in [4.78, 5) is 11.4. The van der Waals surface area contributed by atoms with Gasteiger partial charge in [0.25, 0.3) is 0 Å². The van der Waals surface area contributed by atoms with Crippen LogP contribution in [0.4, 0.5) is 4.79 Å². The predicted molar refractivity (Wildman–Crippen MR) is 65.9 cm³/mol. The van der Waals surface area contributed by atoms with Gasteiger partial charge in [0.2, 0.25) is 0 Å². The lowest BCUT2D eigenvalue weighted by molar-refractivity contribution is 0.240. The second-order valence-corrected chi connectivity index (χ2v) is 4.22. The van der Waals surface area contributed by atoms with Crippen LogP contribution < -0.4 is 16.4 Å². The van der Waals surface area contributed by atoms with Crippen molar-refractivity contribution in [2.24, 2.45) is 5.73 Å². The molecule has 5 nitrogen and oxygen atoms in total. The molecule has 0 unspecified atom stereocenters. The molecule has 0 aliphatic heterocycles. The summed E-state index contributed by atoms with van der Waals surface area (Å²) in [7, 11) is 0. The van der Waals surface area contributed by atoms with Gasteiger partial charge in [-0.1, -0.05) is 18.2 Å². The highest BCUT2D eigenvalue weighted by atomic mass is 16.2. The molecule has 5 N–H and O–H groups in total. The first-order valence-corrected chi connectivity index (χ1v) is 5.63. The minimum atomic E-state index is -0.138. The Balaban J connectivity index is 1.87. The van der Waals surface area contributed by atoms with Crippen molar-refractivity contribution < 1.29 is 4.79 Å². The van der Waals surface area contributed by atoms with Gasteiger partial charge < -0.3 is 16.4 Å². The number of amides is 2. The third-order valence-corrected chi connectivity index (χ3v) is 2.60. The Morgan fingerprint density at radius 1 is 1.47 bits per heavy atom. The minimum Gasteiger partial charge on any atom is -0.384 e. The average Bonchev–Trinajstić information content (AvgIpc) is 3.11. The topological polar surface area (TPSA) is 91.0 Å². The molecular formula is C12H16N4O. The predicted octanol–water partition coefficient (Wildman–Crippen LogP) is 0.932. The van der Waals surface area contributed by atoms with E-state index in [0.29, 0.717) is 18.2 Å². The molecule has 0 bridgehead atoms. The molecule has 0 saturated heterocycles. The molecule has 1 aromatic carbocycles. The summed E-state index contributed by atoms with van der Waals surface area (Å²) < 4.78 is 0. The molecule has 0 heterocycles. The second kappa shape index (κ2) is 4.86. The number of nitrogen functional groups attached to an aromatic ring is 1. The van der Waals surface area contributed by atoms with Gasteiger partial charge in [-0.05, 0) is 24.5 Å². The summed E-state index contributed by atoms with van der Waals surface area (Å²) in [6.45, 7) is 0.444. The van der Waals surface area contributed by atoms with Crippen LogP contribution >= 0.6 is 0 Å². The van der Waals surface area contributed by atoms with Gasteiger partial charge in [-0.25, -0.2) is 4.79 Å². The molecule has 0 aromatic heterocycles. The largest absolute Gasteiger partial charge is 0.384 e.